The fourth-order valence-corrected chi connectivity index (χ4v) is 2.14. The molecule has 1 fully saturated rings. The second-order valence-electron chi connectivity index (χ2n) is 4.77. The Kier molecular flexibility index (Phi) is 4.34. The molecule has 0 saturated carbocycles. The molecule has 1 aromatic carbocycles. The fraction of sp³-hybridized carbons (Fsp3) is 0.462. The molecule has 6 heteroatoms. The van der Waals surface area contributed by atoms with E-state index in [4.69, 9.17) is 5.73 Å². The molecule has 0 spiro atoms. The third kappa shape index (κ3) is 3.90. The van der Waals surface area contributed by atoms with E-state index < -0.39 is 5.82 Å². The molecule has 1 saturated heterocycles. The van der Waals surface area contributed by atoms with Gasteiger partial charge in [0.15, 0.2) is 0 Å². The first-order valence-corrected chi connectivity index (χ1v) is 6.30. The third-order valence-corrected chi connectivity index (χ3v) is 3.19. The van der Waals surface area contributed by atoms with Crippen molar-refractivity contribution in [1.82, 2.24) is 4.90 Å². The van der Waals surface area contributed by atoms with Gasteiger partial charge in [-0.3, -0.25) is 4.79 Å². The number of benzene rings is 1. The van der Waals surface area contributed by atoms with E-state index in [2.05, 4.69) is 5.32 Å². The molecule has 1 unspecified atom stereocenters. The number of nitrogen functional groups attached to an aromatic ring is 1. The highest BCUT2D eigenvalue weighted by Crippen LogP contribution is 2.19. The Labute approximate surface area is 111 Å². The van der Waals surface area contributed by atoms with Gasteiger partial charge in [0.2, 0.25) is 5.91 Å². The molecule has 0 radical (unpaired) electrons. The lowest BCUT2D eigenvalue weighted by Crippen LogP contribution is -2.26. The molecule has 0 aliphatic carbocycles. The highest BCUT2D eigenvalue weighted by Gasteiger charge is 2.20. The molecular weight excluding hydrogens is 249 g/mol. The summed E-state index contributed by atoms with van der Waals surface area (Å²) in [4.78, 5) is 13.8. The molecule has 4 N–H and O–H groups in total. The number of β-amino-alcohol motifs (C(OH)–C–C–N with tert-alkyl or cyclic N) is 1. The standard InChI is InChI=1S/C13H18FN3O2/c14-9-1-2-12(11(15)7-9)16-13(19)4-6-17-5-3-10(18)8-17/h1-2,7,10,18H,3-6,8,15H2,(H,16,19). The van der Waals surface area contributed by atoms with E-state index in [1.807, 2.05) is 4.90 Å². The lowest BCUT2D eigenvalue weighted by atomic mass is 10.2. The fourth-order valence-electron chi connectivity index (χ4n) is 2.14. The molecule has 0 bridgehead atoms. The minimum atomic E-state index is -0.429. The van der Waals surface area contributed by atoms with E-state index in [0.717, 1.165) is 13.0 Å². The first kappa shape index (κ1) is 13.8. The Morgan fingerprint density at radius 1 is 1.58 bits per heavy atom. The molecule has 104 valence electrons. The number of aliphatic hydroxyl groups excluding tert-OH is 1. The number of amides is 1. The smallest absolute Gasteiger partial charge is 0.225 e. The Hall–Kier alpha value is -1.66. The average Bonchev–Trinajstić information content (AvgIpc) is 2.76. The van der Waals surface area contributed by atoms with Crippen molar-refractivity contribution in [3.8, 4) is 0 Å². The zero-order valence-electron chi connectivity index (χ0n) is 10.6. The predicted octanol–water partition coefficient (Wildman–Crippen LogP) is 0.803. The van der Waals surface area contributed by atoms with Gasteiger partial charge in [-0.05, 0) is 24.6 Å². The van der Waals surface area contributed by atoms with Crippen LogP contribution < -0.4 is 11.1 Å². The number of halogens is 1. The minimum Gasteiger partial charge on any atom is -0.397 e. The van der Waals surface area contributed by atoms with E-state index >= 15 is 0 Å². The van der Waals surface area contributed by atoms with Gasteiger partial charge in [-0.1, -0.05) is 0 Å². The van der Waals surface area contributed by atoms with Gasteiger partial charge in [-0.15, -0.1) is 0 Å². The third-order valence-electron chi connectivity index (χ3n) is 3.19. The number of hydrogen-bond acceptors (Lipinski definition) is 4. The highest BCUT2D eigenvalue weighted by molar-refractivity contribution is 5.93. The van der Waals surface area contributed by atoms with Crippen molar-refractivity contribution in [2.24, 2.45) is 0 Å². The summed E-state index contributed by atoms with van der Waals surface area (Å²) >= 11 is 0. The Bertz CT molecular complexity index is 467. The molecule has 19 heavy (non-hydrogen) atoms. The summed E-state index contributed by atoms with van der Waals surface area (Å²) in [5.41, 5.74) is 6.24. The summed E-state index contributed by atoms with van der Waals surface area (Å²) in [6.45, 7) is 2.03. The Morgan fingerprint density at radius 2 is 2.37 bits per heavy atom. The number of carbonyl (C=O) groups excluding carboxylic acids is 1. The Balaban J connectivity index is 1.81. The first-order chi connectivity index (χ1) is 9.04. The van der Waals surface area contributed by atoms with Crippen molar-refractivity contribution in [3.63, 3.8) is 0 Å². The summed E-state index contributed by atoms with van der Waals surface area (Å²) in [5, 5.41) is 12.0. The maximum atomic E-state index is 12.9. The zero-order valence-corrected chi connectivity index (χ0v) is 10.6. The SMILES string of the molecule is Nc1cc(F)ccc1NC(=O)CCN1CCC(O)C1. The molecule has 1 atom stereocenters. The quantitative estimate of drug-likeness (QED) is 0.705. The number of nitrogens with one attached hydrogen (secondary N) is 1. The van der Waals surface area contributed by atoms with Gasteiger partial charge in [0.25, 0.3) is 0 Å². The molecule has 1 aliphatic rings. The maximum absolute atomic E-state index is 12.9. The number of rotatable bonds is 4. The monoisotopic (exact) mass is 267 g/mol. The van der Waals surface area contributed by atoms with Crippen LogP contribution in [0.2, 0.25) is 0 Å². The number of likely N-dealkylation sites (tertiary alicyclic amines) is 1. The number of aliphatic hydroxyl groups is 1. The summed E-state index contributed by atoms with van der Waals surface area (Å²) in [6.07, 6.45) is 0.798. The number of anilines is 2. The largest absolute Gasteiger partial charge is 0.397 e. The van der Waals surface area contributed by atoms with Crippen molar-refractivity contribution in [2.75, 3.05) is 30.7 Å². The summed E-state index contributed by atoms with van der Waals surface area (Å²) in [7, 11) is 0. The van der Waals surface area contributed by atoms with E-state index in [1.165, 1.54) is 18.2 Å². The second-order valence-corrected chi connectivity index (χ2v) is 4.77. The van der Waals surface area contributed by atoms with Crippen LogP contribution in [0.3, 0.4) is 0 Å². The molecular formula is C13H18FN3O2. The summed E-state index contributed by atoms with van der Waals surface area (Å²) in [6, 6.07) is 3.87. The molecule has 1 aromatic rings. The van der Waals surface area contributed by atoms with Crippen molar-refractivity contribution >= 4 is 17.3 Å². The molecule has 1 heterocycles. The van der Waals surface area contributed by atoms with Gasteiger partial charge in [0, 0.05) is 26.1 Å². The van der Waals surface area contributed by atoms with Gasteiger partial charge in [0.1, 0.15) is 5.82 Å². The number of nitrogens with zero attached hydrogens (tertiary/aromatic N) is 1. The minimum absolute atomic E-state index is 0.167. The highest BCUT2D eigenvalue weighted by atomic mass is 19.1. The van der Waals surface area contributed by atoms with Gasteiger partial charge in [-0.2, -0.15) is 0 Å². The van der Waals surface area contributed by atoms with Crippen LogP contribution in [0.1, 0.15) is 12.8 Å². The molecule has 1 aliphatic heterocycles. The first-order valence-electron chi connectivity index (χ1n) is 6.30. The van der Waals surface area contributed by atoms with Crippen molar-refractivity contribution < 1.29 is 14.3 Å². The summed E-state index contributed by atoms with van der Waals surface area (Å²) in [5.74, 6) is -0.596. The van der Waals surface area contributed by atoms with Gasteiger partial charge < -0.3 is 21.1 Å². The van der Waals surface area contributed by atoms with Gasteiger partial charge >= 0.3 is 0 Å². The molecule has 5 nitrogen and oxygen atoms in total. The number of carbonyl (C=O) groups is 1. The zero-order chi connectivity index (χ0) is 13.8. The topological polar surface area (TPSA) is 78.6 Å². The summed E-state index contributed by atoms with van der Waals surface area (Å²) < 4.78 is 12.9. The molecule has 0 aromatic heterocycles. The van der Waals surface area contributed by atoms with E-state index in [9.17, 15) is 14.3 Å². The van der Waals surface area contributed by atoms with Crippen LogP contribution in [0.25, 0.3) is 0 Å². The maximum Gasteiger partial charge on any atom is 0.225 e. The van der Waals surface area contributed by atoms with Crippen LogP contribution in [0.5, 0.6) is 0 Å². The number of nitrogens with two attached hydrogens (primary N) is 1. The lowest BCUT2D eigenvalue weighted by Gasteiger charge is -2.14. The van der Waals surface area contributed by atoms with Crippen LogP contribution in [0.15, 0.2) is 18.2 Å². The van der Waals surface area contributed by atoms with Crippen LogP contribution in [0, 0.1) is 5.82 Å². The predicted molar refractivity (Wildman–Crippen MR) is 71.1 cm³/mol. The van der Waals surface area contributed by atoms with Crippen molar-refractivity contribution in [1.29, 1.82) is 0 Å². The van der Waals surface area contributed by atoms with Crippen LogP contribution in [-0.2, 0) is 4.79 Å². The normalized spacial score (nSPS) is 19.6. The van der Waals surface area contributed by atoms with Crippen LogP contribution in [-0.4, -0.2) is 41.7 Å². The molecule has 2 rings (SSSR count). The van der Waals surface area contributed by atoms with E-state index in [0.29, 0.717) is 25.2 Å². The van der Waals surface area contributed by atoms with E-state index in [1.54, 1.807) is 0 Å². The lowest BCUT2D eigenvalue weighted by molar-refractivity contribution is -0.116. The van der Waals surface area contributed by atoms with Gasteiger partial charge in [0.05, 0.1) is 17.5 Å². The van der Waals surface area contributed by atoms with Crippen molar-refractivity contribution in [2.45, 2.75) is 18.9 Å². The average molecular weight is 267 g/mol. The van der Waals surface area contributed by atoms with Crippen LogP contribution >= 0.6 is 0 Å². The van der Waals surface area contributed by atoms with Gasteiger partial charge in [-0.25, -0.2) is 4.39 Å². The second kappa shape index (κ2) is 5.99. The van der Waals surface area contributed by atoms with Crippen molar-refractivity contribution in [3.05, 3.63) is 24.0 Å². The van der Waals surface area contributed by atoms with Crippen LogP contribution in [0.4, 0.5) is 15.8 Å². The number of hydrogen-bond donors (Lipinski definition) is 3. The molecule has 1 amide bonds. The Morgan fingerprint density at radius 3 is 3.00 bits per heavy atom. The van der Waals surface area contributed by atoms with E-state index in [-0.39, 0.29) is 17.7 Å².